The smallest absolute Gasteiger partial charge is 0.282 e. The third-order valence-corrected chi connectivity index (χ3v) is 7.41. The Morgan fingerprint density at radius 2 is 1.66 bits per heavy atom. The largest absolute Gasteiger partial charge is 0.373 e. The lowest BCUT2D eigenvalue weighted by Gasteiger charge is -2.40. The highest BCUT2D eigenvalue weighted by atomic mass is 32.2. The number of benzene rings is 1. The molecule has 8 nitrogen and oxygen atoms in total. The highest BCUT2D eigenvalue weighted by molar-refractivity contribution is 7.86. The van der Waals surface area contributed by atoms with Crippen molar-refractivity contribution in [3.63, 3.8) is 0 Å². The van der Waals surface area contributed by atoms with E-state index in [-0.39, 0.29) is 31.2 Å². The second-order valence-electron chi connectivity index (χ2n) is 7.65. The van der Waals surface area contributed by atoms with E-state index in [1.807, 2.05) is 44.2 Å². The Morgan fingerprint density at radius 1 is 1.00 bits per heavy atom. The second kappa shape index (κ2) is 7.98. The third-order valence-electron chi connectivity index (χ3n) is 5.44. The topological polar surface area (TPSA) is 83.1 Å². The molecule has 0 saturated carbocycles. The molecule has 1 aromatic heterocycles. The number of pyridine rings is 1. The summed E-state index contributed by atoms with van der Waals surface area (Å²) in [4.78, 5) is 19.0. The maximum absolute atomic E-state index is 13.0. The molecule has 0 aliphatic carbocycles. The van der Waals surface area contributed by atoms with E-state index < -0.39 is 10.2 Å². The number of amides is 1. The van der Waals surface area contributed by atoms with E-state index in [1.165, 1.54) is 8.61 Å². The number of carbonyl (C=O) groups is 1. The number of hydrogen-bond donors (Lipinski definition) is 0. The maximum Gasteiger partial charge on any atom is 0.282 e. The molecule has 2 aromatic rings. The van der Waals surface area contributed by atoms with Gasteiger partial charge in [0.2, 0.25) is 0 Å². The van der Waals surface area contributed by atoms with Crippen LogP contribution in [0.1, 0.15) is 24.3 Å². The van der Waals surface area contributed by atoms with E-state index in [0.717, 1.165) is 10.8 Å². The number of rotatable bonds is 3. The van der Waals surface area contributed by atoms with E-state index in [9.17, 15) is 13.2 Å². The minimum Gasteiger partial charge on any atom is -0.373 e. The Morgan fingerprint density at radius 3 is 2.34 bits per heavy atom. The first-order chi connectivity index (χ1) is 13.9. The molecule has 9 heteroatoms. The van der Waals surface area contributed by atoms with Crippen LogP contribution in [0.4, 0.5) is 0 Å². The summed E-state index contributed by atoms with van der Waals surface area (Å²) in [5.74, 6) is -0.160. The van der Waals surface area contributed by atoms with Crippen molar-refractivity contribution in [1.82, 2.24) is 18.5 Å². The molecule has 0 radical (unpaired) electrons. The molecule has 2 atom stereocenters. The van der Waals surface area contributed by atoms with Gasteiger partial charge in [0.15, 0.2) is 0 Å². The highest BCUT2D eigenvalue weighted by Crippen LogP contribution is 2.21. The number of nitrogens with zero attached hydrogens (tertiary/aromatic N) is 4. The van der Waals surface area contributed by atoms with Gasteiger partial charge in [-0.3, -0.25) is 9.78 Å². The van der Waals surface area contributed by atoms with Crippen LogP contribution in [-0.4, -0.2) is 84.3 Å². The summed E-state index contributed by atoms with van der Waals surface area (Å²) < 4.78 is 34.7. The van der Waals surface area contributed by atoms with E-state index >= 15 is 0 Å². The molecule has 0 bridgehead atoms. The molecular formula is C20H26N4O4S. The summed E-state index contributed by atoms with van der Waals surface area (Å²) in [6, 6.07) is 9.52. The number of piperazine rings is 1. The molecule has 2 aliphatic rings. The average Bonchev–Trinajstić information content (AvgIpc) is 2.72. The molecular weight excluding hydrogens is 392 g/mol. The van der Waals surface area contributed by atoms with E-state index in [2.05, 4.69) is 4.98 Å². The van der Waals surface area contributed by atoms with E-state index in [1.54, 1.807) is 11.1 Å². The molecule has 1 amide bonds. The van der Waals surface area contributed by atoms with Gasteiger partial charge >= 0.3 is 0 Å². The van der Waals surface area contributed by atoms with Gasteiger partial charge in [-0.15, -0.1) is 0 Å². The molecule has 156 valence electrons. The van der Waals surface area contributed by atoms with Crippen LogP contribution >= 0.6 is 0 Å². The molecule has 1 aromatic carbocycles. The molecule has 2 aliphatic heterocycles. The maximum atomic E-state index is 13.0. The fourth-order valence-electron chi connectivity index (χ4n) is 4.04. The number of ether oxygens (including phenoxy) is 1. The van der Waals surface area contributed by atoms with Gasteiger partial charge in [-0.1, -0.05) is 24.3 Å². The van der Waals surface area contributed by atoms with Crippen LogP contribution in [0, 0.1) is 0 Å². The molecule has 0 spiro atoms. The van der Waals surface area contributed by atoms with Crippen molar-refractivity contribution < 1.29 is 17.9 Å². The van der Waals surface area contributed by atoms with Gasteiger partial charge in [0, 0.05) is 50.9 Å². The number of aromatic nitrogens is 1. The second-order valence-corrected chi connectivity index (χ2v) is 9.58. The Hall–Kier alpha value is -2.07. The minimum atomic E-state index is -3.57. The summed E-state index contributed by atoms with van der Waals surface area (Å²) in [7, 11) is -3.57. The Balaban J connectivity index is 1.46. The summed E-state index contributed by atoms with van der Waals surface area (Å²) in [6.45, 7) is 5.71. The predicted molar refractivity (Wildman–Crippen MR) is 110 cm³/mol. The van der Waals surface area contributed by atoms with Crippen molar-refractivity contribution in [1.29, 1.82) is 0 Å². The normalized spacial score (nSPS) is 24.7. The van der Waals surface area contributed by atoms with Crippen LogP contribution in [0.5, 0.6) is 0 Å². The van der Waals surface area contributed by atoms with Gasteiger partial charge in [0.1, 0.15) is 5.69 Å². The summed E-state index contributed by atoms with van der Waals surface area (Å²) in [6.07, 6.45) is 1.37. The van der Waals surface area contributed by atoms with Crippen LogP contribution in [0.2, 0.25) is 0 Å². The SMILES string of the molecule is CC1CN(S(=O)(=O)N2CCN(C(=O)c3nccc4ccccc34)CC2)CC(C)O1. The molecule has 2 unspecified atom stereocenters. The molecule has 2 fully saturated rings. The van der Waals surface area contributed by atoms with Gasteiger partial charge in [-0.05, 0) is 25.3 Å². The fourth-order valence-corrected chi connectivity index (χ4v) is 5.79. The zero-order valence-corrected chi connectivity index (χ0v) is 17.5. The van der Waals surface area contributed by atoms with E-state index in [0.29, 0.717) is 31.9 Å². The zero-order valence-electron chi connectivity index (χ0n) is 16.7. The van der Waals surface area contributed by atoms with E-state index in [4.69, 9.17) is 4.74 Å². The predicted octanol–water partition coefficient (Wildman–Crippen LogP) is 1.35. The molecule has 4 rings (SSSR count). The monoisotopic (exact) mass is 418 g/mol. The van der Waals surface area contributed by atoms with Crippen molar-refractivity contribution >= 4 is 26.9 Å². The van der Waals surface area contributed by atoms with Gasteiger partial charge in [-0.2, -0.15) is 17.0 Å². The summed E-state index contributed by atoms with van der Waals surface area (Å²) in [5, 5.41) is 1.77. The standard InChI is InChI=1S/C20H26N4O4S/c1-15-13-24(14-16(2)28-15)29(26,27)23-11-9-22(10-12-23)20(25)19-18-6-4-3-5-17(18)7-8-21-19/h3-8,15-16H,9-14H2,1-2H3. The summed E-state index contributed by atoms with van der Waals surface area (Å²) in [5.41, 5.74) is 0.412. The van der Waals surface area contributed by atoms with Crippen LogP contribution < -0.4 is 0 Å². The van der Waals surface area contributed by atoms with Gasteiger partial charge in [-0.25, -0.2) is 0 Å². The van der Waals surface area contributed by atoms with Gasteiger partial charge in [0.05, 0.1) is 12.2 Å². The van der Waals surface area contributed by atoms with Crippen LogP contribution in [-0.2, 0) is 14.9 Å². The lowest BCUT2D eigenvalue weighted by molar-refractivity contribution is -0.0457. The minimum absolute atomic E-state index is 0.131. The third kappa shape index (κ3) is 4.00. The van der Waals surface area contributed by atoms with Crippen LogP contribution in [0.3, 0.4) is 0 Å². The molecule has 3 heterocycles. The fraction of sp³-hybridized carbons (Fsp3) is 0.500. The van der Waals surface area contributed by atoms with Crippen molar-refractivity contribution in [2.45, 2.75) is 26.1 Å². The zero-order chi connectivity index (χ0) is 20.6. The Kier molecular flexibility index (Phi) is 5.56. The number of carbonyl (C=O) groups excluding carboxylic acids is 1. The van der Waals surface area contributed by atoms with Crippen molar-refractivity contribution in [3.8, 4) is 0 Å². The quantitative estimate of drug-likeness (QED) is 0.751. The Bertz CT molecular complexity index is 989. The highest BCUT2D eigenvalue weighted by Gasteiger charge is 2.37. The van der Waals surface area contributed by atoms with Gasteiger partial charge in [0.25, 0.3) is 16.1 Å². The molecule has 0 N–H and O–H groups in total. The Labute approximate surface area is 171 Å². The molecule has 2 saturated heterocycles. The lowest BCUT2D eigenvalue weighted by atomic mass is 10.1. The van der Waals surface area contributed by atoms with Crippen molar-refractivity contribution in [2.75, 3.05) is 39.3 Å². The van der Waals surface area contributed by atoms with Crippen molar-refractivity contribution in [3.05, 3.63) is 42.2 Å². The first-order valence-corrected chi connectivity index (χ1v) is 11.3. The van der Waals surface area contributed by atoms with Gasteiger partial charge < -0.3 is 9.64 Å². The molecule has 29 heavy (non-hydrogen) atoms. The summed E-state index contributed by atoms with van der Waals surface area (Å²) >= 11 is 0. The number of hydrogen-bond acceptors (Lipinski definition) is 5. The average molecular weight is 419 g/mol. The van der Waals surface area contributed by atoms with Crippen molar-refractivity contribution in [2.24, 2.45) is 0 Å². The number of fused-ring (bicyclic) bond motifs is 1. The van der Waals surface area contributed by atoms with Crippen LogP contribution in [0.15, 0.2) is 36.5 Å². The first kappa shape index (κ1) is 20.2. The lowest BCUT2D eigenvalue weighted by Crippen LogP contribution is -2.57. The number of morpholine rings is 1. The first-order valence-electron chi connectivity index (χ1n) is 9.90. The van der Waals surface area contributed by atoms with Crippen LogP contribution in [0.25, 0.3) is 10.8 Å².